The van der Waals surface area contributed by atoms with Crippen LogP contribution in [0.2, 0.25) is 0 Å². The third kappa shape index (κ3) is 3.86. The molecule has 1 saturated carbocycles. The van der Waals surface area contributed by atoms with Gasteiger partial charge in [-0.1, -0.05) is 20.8 Å². The van der Waals surface area contributed by atoms with Crippen LogP contribution in [-0.4, -0.2) is 49.7 Å². The molecule has 3 aromatic heterocycles. The smallest absolute Gasteiger partial charge is 0.353 e. The lowest BCUT2D eigenvalue weighted by Gasteiger charge is -2.29. The summed E-state index contributed by atoms with van der Waals surface area (Å²) in [5.74, 6) is 1.01. The molecule has 7 nitrogen and oxygen atoms in total. The van der Waals surface area contributed by atoms with Crippen LogP contribution in [0.5, 0.6) is 0 Å². The van der Waals surface area contributed by atoms with Crippen molar-refractivity contribution in [3.63, 3.8) is 0 Å². The van der Waals surface area contributed by atoms with Gasteiger partial charge in [0.05, 0.1) is 11.7 Å². The summed E-state index contributed by atoms with van der Waals surface area (Å²) in [5, 5.41) is 4.70. The van der Waals surface area contributed by atoms with Gasteiger partial charge < -0.3 is 9.80 Å². The number of aromatic nitrogens is 5. The van der Waals surface area contributed by atoms with E-state index in [0.717, 1.165) is 48.9 Å². The second-order valence-electron chi connectivity index (χ2n) is 9.63. The number of hydrogen-bond acceptors (Lipinski definition) is 6. The van der Waals surface area contributed by atoms with Crippen LogP contribution in [0.4, 0.5) is 24.9 Å². The molecular weight excluding hydrogens is 419 g/mol. The van der Waals surface area contributed by atoms with Crippen molar-refractivity contribution in [1.29, 1.82) is 0 Å². The number of rotatable bonds is 4. The molecule has 1 atom stereocenters. The third-order valence-corrected chi connectivity index (χ3v) is 6.10. The number of nitrogens with zero attached hydrogens (tertiary/aromatic N) is 7. The lowest BCUT2D eigenvalue weighted by Crippen LogP contribution is -2.41. The van der Waals surface area contributed by atoms with Gasteiger partial charge in [0.2, 0.25) is 5.95 Å². The molecule has 1 aliphatic heterocycles. The van der Waals surface area contributed by atoms with E-state index >= 15 is 0 Å². The molecule has 3 aromatic rings. The van der Waals surface area contributed by atoms with E-state index in [-0.39, 0.29) is 23.4 Å². The van der Waals surface area contributed by atoms with Crippen LogP contribution >= 0.6 is 0 Å². The Balaban J connectivity index is 1.43. The molecule has 0 radical (unpaired) electrons. The van der Waals surface area contributed by atoms with Crippen molar-refractivity contribution in [3.8, 4) is 0 Å². The molecule has 1 aliphatic carbocycles. The first kappa shape index (κ1) is 21.0. The molecule has 5 rings (SSSR count). The Morgan fingerprint density at radius 3 is 2.47 bits per heavy atom. The third-order valence-electron chi connectivity index (χ3n) is 6.10. The summed E-state index contributed by atoms with van der Waals surface area (Å²) in [4.78, 5) is 16.9. The van der Waals surface area contributed by atoms with Crippen molar-refractivity contribution in [2.45, 2.75) is 63.7 Å². The Hall–Kier alpha value is -2.91. The summed E-state index contributed by atoms with van der Waals surface area (Å²) in [6.07, 6.45) is 3.00. The summed E-state index contributed by atoms with van der Waals surface area (Å²) in [6.45, 7) is 7.78. The number of alkyl halides is 3. The van der Waals surface area contributed by atoms with Crippen LogP contribution in [0.15, 0.2) is 30.7 Å². The minimum atomic E-state index is -4.49. The fourth-order valence-electron chi connectivity index (χ4n) is 4.29. The average Bonchev–Trinajstić information content (AvgIpc) is 3.25. The summed E-state index contributed by atoms with van der Waals surface area (Å²) in [5.41, 5.74) is 0.940. The fraction of sp³-hybridized carbons (Fsp3) is 0.545. The Labute approximate surface area is 184 Å². The van der Waals surface area contributed by atoms with Crippen molar-refractivity contribution in [3.05, 3.63) is 42.1 Å². The van der Waals surface area contributed by atoms with Crippen LogP contribution in [0, 0.1) is 0 Å². The van der Waals surface area contributed by atoms with Crippen LogP contribution in [-0.2, 0) is 11.6 Å². The van der Waals surface area contributed by atoms with Gasteiger partial charge in [-0.15, -0.1) is 0 Å². The Kier molecular flexibility index (Phi) is 4.79. The zero-order chi connectivity index (χ0) is 22.7. The summed E-state index contributed by atoms with van der Waals surface area (Å²) in [7, 11) is 0. The second-order valence-corrected chi connectivity index (χ2v) is 9.63. The molecule has 0 aromatic carbocycles. The molecular formula is C22H26F3N7. The lowest BCUT2D eigenvalue weighted by molar-refractivity contribution is -0.141. The highest BCUT2D eigenvalue weighted by atomic mass is 19.4. The molecule has 4 heterocycles. The van der Waals surface area contributed by atoms with Gasteiger partial charge in [0.15, 0.2) is 5.82 Å². The predicted molar refractivity (Wildman–Crippen MR) is 115 cm³/mol. The maximum Gasteiger partial charge on any atom is 0.433 e. The van der Waals surface area contributed by atoms with Crippen LogP contribution in [0.3, 0.4) is 0 Å². The van der Waals surface area contributed by atoms with Crippen LogP contribution in [0.1, 0.15) is 51.4 Å². The van der Waals surface area contributed by atoms with E-state index in [0.29, 0.717) is 6.54 Å². The summed E-state index contributed by atoms with van der Waals surface area (Å²) in [6, 6.07) is 3.21. The highest BCUT2D eigenvalue weighted by Gasteiger charge is 2.41. The largest absolute Gasteiger partial charge is 0.433 e. The predicted octanol–water partition coefficient (Wildman–Crippen LogP) is 4.08. The molecule has 0 spiro atoms. The fourth-order valence-corrected chi connectivity index (χ4v) is 4.29. The van der Waals surface area contributed by atoms with Crippen molar-refractivity contribution in [2.24, 2.45) is 0 Å². The zero-order valence-corrected chi connectivity index (χ0v) is 18.3. The number of hydrogen-bond donors (Lipinski definition) is 0. The van der Waals surface area contributed by atoms with E-state index in [2.05, 4.69) is 46.7 Å². The molecule has 1 saturated heterocycles. The van der Waals surface area contributed by atoms with E-state index in [1.54, 1.807) is 6.20 Å². The van der Waals surface area contributed by atoms with Gasteiger partial charge in [0.25, 0.3) is 0 Å². The van der Waals surface area contributed by atoms with Gasteiger partial charge in [-0.05, 0) is 31.4 Å². The van der Waals surface area contributed by atoms with Crippen molar-refractivity contribution in [1.82, 2.24) is 24.6 Å². The van der Waals surface area contributed by atoms with Crippen LogP contribution < -0.4 is 9.80 Å². The topological polar surface area (TPSA) is 62.5 Å². The van der Waals surface area contributed by atoms with Gasteiger partial charge in [-0.3, -0.25) is 0 Å². The Morgan fingerprint density at radius 1 is 1.00 bits per heavy atom. The van der Waals surface area contributed by atoms with E-state index < -0.39 is 11.9 Å². The molecule has 32 heavy (non-hydrogen) atoms. The van der Waals surface area contributed by atoms with Crippen LogP contribution in [0.25, 0.3) is 5.52 Å². The standard InChI is InChI=1S/C22H26F3N7/c1-21(2,3)18-12-16-19(26-9-11-31(16)29-18)30-10-7-15(13-30)32(14-4-5-14)20-27-8-6-17(28-20)22(23,24)25/h6,8-9,11-12,14-15H,4-5,7,10,13H2,1-3H3. The molecule has 0 N–H and O–H groups in total. The van der Waals surface area contributed by atoms with Gasteiger partial charge in [0.1, 0.15) is 11.2 Å². The quantitative estimate of drug-likeness (QED) is 0.603. The maximum atomic E-state index is 13.2. The van der Waals surface area contributed by atoms with E-state index in [1.807, 2.05) is 15.6 Å². The number of fused-ring (bicyclic) bond motifs is 1. The molecule has 1 unspecified atom stereocenters. The SMILES string of the molecule is CC(C)(C)c1cc2c(N3CCC(N(c4nccc(C(F)(F)F)n4)C4CC4)C3)nccn2n1. The Bertz CT molecular complexity index is 1130. The molecule has 0 amide bonds. The monoisotopic (exact) mass is 445 g/mol. The highest BCUT2D eigenvalue weighted by Crippen LogP contribution is 2.37. The Morgan fingerprint density at radius 2 is 1.78 bits per heavy atom. The molecule has 0 bridgehead atoms. The van der Waals surface area contributed by atoms with Crippen molar-refractivity contribution < 1.29 is 13.2 Å². The molecule has 10 heteroatoms. The first-order valence-corrected chi connectivity index (χ1v) is 10.9. The lowest BCUT2D eigenvalue weighted by atomic mass is 9.92. The summed E-state index contributed by atoms with van der Waals surface area (Å²) >= 11 is 0. The molecule has 2 fully saturated rings. The van der Waals surface area contributed by atoms with E-state index in [4.69, 9.17) is 5.10 Å². The number of halogens is 3. The molecule has 2 aliphatic rings. The first-order chi connectivity index (χ1) is 15.1. The second kappa shape index (κ2) is 7.31. The van der Waals surface area contributed by atoms with E-state index in [1.165, 1.54) is 6.20 Å². The van der Waals surface area contributed by atoms with Crippen molar-refractivity contribution >= 4 is 17.3 Å². The minimum Gasteiger partial charge on any atom is -0.353 e. The zero-order valence-electron chi connectivity index (χ0n) is 18.3. The highest BCUT2D eigenvalue weighted by molar-refractivity contribution is 5.70. The van der Waals surface area contributed by atoms with Crippen molar-refractivity contribution in [2.75, 3.05) is 22.9 Å². The molecule has 170 valence electrons. The summed E-state index contributed by atoms with van der Waals surface area (Å²) < 4.78 is 41.5. The maximum absolute atomic E-state index is 13.2. The average molecular weight is 445 g/mol. The van der Waals surface area contributed by atoms with Gasteiger partial charge >= 0.3 is 6.18 Å². The van der Waals surface area contributed by atoms with Gasteiger partial charge in [0, 0.05) is 43.1 Å². The van der Waals surface area contributed by atoms with E-state index in [9.17, 15) is 13.2 Å². The minimum absolute atomic E-state index is 0.0260. The first-order valence-electron chi connectivity index (χ1n) is 10.9. The normalized spacial score (nSPS) is 19.7. The van der Waals surface area contributed by atoms with Gasteiger partial charge in [-0.2, -0.15) is 18.3 Å². The number of anilines is 2. The van der Waals surface area contributed by atoms with Gasteiger partial charge in [-0.25, -0.2) is 19.5 Å².